The standard InChI is InChI=1S/C14H23N3O2S2/c1-2-8-15-14-13(7-5-9-16-14)21(18,19)17-11-12-6-3-4-10-20-12/h5,7,9,12,17H,2-4,6,8,10-11H2,1H3,(H,15,16). The van der Waals surface area contributed by atoms with Crippen molar-refractivity contribution in [3.63, 3.8) is 0 Å². The smallest absolute Gasteiger partial charge is 0.244 e. The topological polar surface area (TPSA) is 71.1 Å². The first-order valence-electron chi connectivity index (χ1n) is 7.43. The minimum Gasteiger partial charge on any atom is -0.369 e. The van der Waals surface area contributed by atoms with E-state index in [4.69, 9.17) is 0 Å². The lowest BCUT2D eigenvalue weighted by Crippen LogP contribution is -2.32. The first-order chi connectivity index (χ1) is 10.1. The van der Waals surface area contributed by atoms with E-state index in [0.29, 0.717) is 24.2 Å². The molecule has 21 heavy (non-hydrogen) atoms. The molecule has 1 atom stereocenters. The summed E-state index contributed by atoms with van der Waals surface area (Å²) in [6.07, 6.45) is 6.04. The van der Waals surface area contributed by atoms with Crippen molar-refractivity contribution >= 4 is 27.6 Å². The summed E-state index contributed by atoms with van der Waals surface area (Å²) < 4.78 is 27.7. The number of nitrogens with zero attached hydrogens (tertiary/aromatic N) is 1. The third-order valence-electron chi connectivity index (χ3n) is 3.38. The van der Waals surface area contributed by atoms with E-state index in [1.54, 1.807) is 18.3 Å². The van der Waals surface area contributed by atoms with Crippen LogP contribution in [-0.2, 0) is 10.0 Å². The van der Waals surface area contributed by atoms with Crippen LogP contribution in [0.1, 0.15) is 32.6 Å². The molecule has 2 rings (SSSR count). The summed E-state index contributed by atoms with van der Waals surface area (Å²) in [5, 5.41) is 3.46. The number of hydrogen-bond acceptors (Lipinski definition) is 5. The van der Waals surface area contributed by atoms with Crippen molar-refractivity contribution in [1.82, 2.24) is 9.71 Å². The van der Waals surface area contributed by atoms with Crippen LogP contribution in [0.2, 0.25) is 0 Å². The number of sulfonamides is 1. The molecule has 0 amide bonds. The molecule has 2 N–H and O–H groups in total. The summed E-state index contributed by atoms with van der Waals surface area (Å²) in [6.45, 7) is 3.23. The van der Waals surface area contributed by atoms with Crippen LogP contribution >= 0.6 is 11.8 Å². The highest BCUT2D eigenvalue weighted by molar-refractivity contribution is 8.00. The molecule has 1 aliphatic rings. The third-order valence-corrected chi connectivity index (χ3v) is 6.23. The third kappa shape index (κ3) is 4.86. The normalized spacial score (nSPS) is 19.4. The molecule has 5 nitrogen and oxygen atoms in total. The van der Waals surface area contributed by atoms with Crippen LogP contribution in [0.5, 0.6) is 0 Å². The Morgan fingerprint density at radius 2 is 2.29 bits per heavy atom. The van der Waals surface area contributed by atoms with Gasteiger partial charge < -0.3 is 5.32 Å². The van der Waals surface area contributed by atoms with E-state index in [2.05, 4.69) is 15.0 Å². The zero-order valence-electron chi connectivity index (χ0n) is 12.3. The second-order valence-electron chi connectivity index (χ2n) is 5.12. The maximum Gasteiger partial charge on any atom is 0.244 e. The lowest BCUT2D eigenvalue weighted by atomic mass is 10.2. The average molecular weight is 329 g/mol. The number of nitrogens with one attached hydrogen (secondary N) is 2. The molecule has 0 aromatic carbocycles. The van der Waals surface area contributed by atoms with E-state index in [0.717, 1.165) is 18.6 Å². The van der Waals surface area contributed by atoms with Crippen molar-refractivity contribution in [3.05, 3.63) is 18.3 Å². The predicted octanol–water partition coefficient (Wildman–Crippen LogP) is 2.47. The fraction of sp³-hybridized carbons (Fsp3) is 0.643. The molecule has 7 heteroatoms. The Labute approximate surface area is 131 Å². The number of pyridine rings is 1. The van der Waals surface area contributed by atoms with Crippen molar-refractivity contribution in [2.45, 2.75) is 42.8 Å². The van der Waals surface area contributed by atoms with Gasteiger partial charge in [-0.25, -0.2) is 18.1 Å². The van der Waals surface area contributed by atoms with Crippen molar-refractivity contribution in [1.29, 1.82) is 0 Å². The van der Waals surface area contributed by atoms with Crippen molar-refractivity contribution in [2.75, 3.05) is 24.2 Å². The second kappa shape index (κ2) is 8.00. The lowest BCUT2D eigenvalue weighted by molar-refractivity contribution is 0.573. The number of hydrogen-bond donors (Lipinski definition) is 2. The van der Waals surface area contributed by atoms with E-state index >= 15 is 0 Å². The molecule has 1 aromatic heterocycles. The minimum atomic E-state index is -3.51. The van der Waals surface area contributed by atoms with E-state index in [1.165, 1.54) is 12.8 Å². The van der Waals surface area contributed by atoms with Gasteiger partial charge in [-0.2, -0.15) is 11.8 Å². The van der Waals surface area contributed by atoms with Gasteiger partial charge >= 0.3 is 0 Å². The number of aromatic nitrogens is 1. The van der Waals surface area contributed by atoms with Gasteiger partial charge in [-0.1, -0.05) is 13.3 Å². The number of anilines is 1. The predicted molar refractivity (Wildman–Crippen MR) is 88.3 cm³/mol. The zero-order valence-corrected chi connectivity index (χ0v) is 14.0. The molecule has 0 radical (unpaired) electrons. The fourth-order valence-electron chi connectivity index (χ4n) is 2.23. The van der Waals surface area contributed by atoms with Gasteiger partial charge in [0.1, 0.15) is 10.7 Å². The van der Waals surface area contributed by atoms with Crippen LogP contribution in [0.3, 0.4) is 0 Å². The lowest BCUT2D eigenvalue weighted by Gasteiger charge is -2.21. The molecule has 2 heterocycles. The van der Waals surface area contributed by atoms with Gasteiger partial charge in [0.25, 0.3) is 0 Å². The van der Waals surface area contributed by atoms with Gasteiger partial charge in [0.2, 0.25) is 10.0 Å². The summed E-state index contributed by atoms with van der Waals surface area (Å²) >= 11 is 1.86. The van der Waals surface area contributed by atoms with Crippen LogP contribution < -0.4 is 10.0 Å². The van der Waals surface area contributed by atoms with Gasteiger partial charge in [0.15, 0.2) is 0 Å². The SMILES string of the molecule is CCCNc1ncccc1S(=O)(=O)NCC1CCCCS1. The van der Waals surface area contributed by atoms with Crippen LogP contribution in [0.4, 0.5) is 5.82 Å². The van der Waals surface area contributed by atoms with E-state index in [1.807, 2.05) is 18.7 Å². The molecule has 1 fully saturated rings. The molecule has 1 saturated heterocycles. The highest BCUT2D eigenvalue weighted by Crippen LogP contribution is 2.25. The van der Waals surface area contributed by atoms with E-state index in [9.17, 15) is 8.42 Å². The molecule has 1 aliphatic heterocycles. The maximum absolute atomic E-state index is 12.5. The molecule has 0 aliphatic carbocycles. The average Bonchev–Trinajstić information content (AvgIpc) is 2.52. The Bertz CT molecular complexity index is 543. The maximum atomic E-state index is 12.5. The molecule has 0 saturated carbocycles. The Morgan fingerprint density at radius 1 is 1.43 bits per heavy atom. The van der Waals surface area contributed by atoms with Crippen molar-refractivity contribution in [2.24, 2.45) is 0 Å². The second-order valence-corrected chi connectivity index (χ2v) is 8.26. The quantitative estimate of drug-likeness (QED) is 0.804. The zero-order chi connectivity index (χ0) is 15.1. The first-order valence-corrected chi connectivity index (χ1v) is 9.97. The Balaban J connectivity index is 2.04. The van der Waals surface area contributed by atoms with Gasteiger partial charge in [-0.15, -0.1) is 0 Å². The number of thioether (sulfide) groups is 1. The molecular formula is C14H23N3O2S2. The van der Waals surface area contributed by atoms with Gasteiger partial charge in [-0.05, 0) is 37.1 Å². The van der Waals surface area contributed by atoms with E-state index in [-0.39, 0.29) is 4.90 Å². The fourth-order valence-corrected chi connectivity index (χ4v) is 4.79. The highest BCUT2D eigenvalue weighted by atomic mass is 32.2. The van der Waals surface area contributed by atoms with Crippen LogP contribution in [0, 0.1) is 0 Å². The Morgan fingerprint density at radius 3 is 3.00 bits per heavy atom. The van der Waals surface area contributed by atoms with Crippen molar-refractivity contribution < 1.29 is 8.42 Å². The van der Waals surface area contributed by atoms with Crippen LogP contribution in [0.25, 0.3) is 0 Å². The molecular weight excluding hydrogens is 306 g/mol. The summed E-state index contributed by atoms with van der Waals surface area (Å²) in [5.74, 6) is 1.56. The molecule has 1 aromatic rings. The molecule has 1 unspecified atom stereocenters. The van der Waals surface area contributed by atoms with Crippen molar-refractivity contribution in [3.8, 4) is 0 Å². The Hall–Kier alpha value is -0.790. The van der Waals surface area contributed by atoms with Gasteiger partial charge in [-0.3, -0.25) is 0 Å². The highest BCUT2D eigenvalue weighted by Gasteiger charge is 2.22. The summed E-state index contributed by atoms with van der Waals surface area (Å²) in [6, 6.07) is 3.25. The summed E-state index contributed by atoms with van der Waals surface area (Å²) in [7, 11) is -3.51. The van der Waals surface area contributed by atoms with Gasteiger partial charge in [0.05, 0.1) is 0 Å². The monoisotopic (exact) mass is 329 g/mol. The van der Waals surface area contributed by atoms with Crippen LogP contribution in [-0.4, -0.2) is 37.5 Å². The van der Waals surface area contributed by atoms with Crippen LogP contribution in [0.15, 0.2) is 23.2 Å². The largest absolute Gasteiger partial charge is 0.369 e. The Kier molecular flexibility index (Phi) is 6.32. The molecule has 0 bridgehead atoms. The van der Waals surface area contributed by atoms with E-state index < -0.39 is 10.0 Å². The first kappa shape index (κ1) is 16.6. The summed E-state index contributed by atoms with van der Waals surface area (Å²) in [4.78, 5) is 4.38. The molecule has 118 valence electrons. The number of rotatable bonds is 7. The summed E-state index contributed by atoms with van der Waals surface area (Å²) in [5.41, 5.74) is 0. The molecule has 0 spiro atoms. The minimum absolute atomic E-state index is 0.235. The van der Waals surface area contributed by atoms with Gasteiger partial charge in [0, 0.05) is 24.5 Å².